The zero-order valence-electron chi connectivity index (χ0n) is 14.5. The number of halogens is 1. The third kappa shape index (κ3) is 2.93. The van der Waals surface area contributed by atoms with Crippen LogP contribution in [0.2, 0.25) is 5.02 Å². The smallest absolute Gasteiger partial charge is 0.229 e. The fraction of sp³-hybridized carbons (Fsp3) is 0.143. The van der Waals surface area contributed by atoms with E-state index in [2.05, 4.69) is 10.4 Å². The lowest BCUT2D eigenvalue weighted by molar-refractivity contribution is 0.106. The highest BCUT2D eigenvalue weighted by molar-refractivity contribution is 6.46. The Morgan fingerprint density at radius 3 is 2.42 bits per heavy atom. The summed E-state index contributed by atoms with van der Waals surface area (Å²) >= 11 is 5.97. The van der Waals surface area contributed by atoms with Crippen molar-refractivity contribution in [3.63, 3.8) is 0 Å². The quantitative estimate of drug-likeness (QED) is 0.677. The lowest BCUT2D eigenvalue weighted by atomic mass is 10.0. The SMILES string of the molecule is CC1(C)N=C(C(=O)c2ccc3ccccc3c2)NN1c1ccc(Cl)cc1. The second-order valence-corrected chi connectivity index (χ2v) is 7.21. The van der Waals surface area contributed by atoms with Crippen molar-refractivity contribution in [1.82, 2.24) is 5.43 Å². The molecule has 3 aromatic rings. The van der Waals surface area contributed by atoms with Gasteiger partial charge in [-0.2, -0.15) is 0 Å². The normalized spacial score (nSPS) is 15.7. The summed E-state index contributed by atoms with van der Waals surface area (Å²) in [5.41, 5.74) is 4.07. The first-order valence-electron chi connectivity index (χ1n) is 8.40. The third-order valence-corrected chi connectivity index (χ3v) is 4.71. The van der Waals surface area contributed by atoms with Crippen LogP contribution in [-0.4, -0.2) is 17.3 Å². The molecule has 1 aliphatic rings. The molecule has 0 saturated carbocycles. The molecule has 0 saturated heterocycles. The predicted octanol–water partition coefficient (Wildman–Crippen LogP) is 4.84. The van der Waals surface area contributed by atoms with Crippen LogP contribution in [0.3, 0.4) is 0 Å². The van der Waals surface area contributed by atoms with Crippen LogP contribution >= 0.6 is 11.6 Å². The van der Waals surface area contributed by atoms with Gasteiger partial charge in [-0.3, -0.25) is 15.2 Å². The van der Waals surface area contributed by atoms with Crippen molar-refractivity contribution in [2.24, 2.45) is 4.99 Å². The number of amidine groups is 1. The monoisotopic (exact) mass is 363 g/mol. The molecule has 1 aliphatic heterocycles. The Labute approximate surface area is 157 Å². The summed E-state index contributed by atoms with van der Waals surface area (Å²) in [6.45, 7) is 3.91. The number of hydrogen-bond acceptors (Lipinski definition) is 4. The summed E-state index contributed by atoms with van der Waals surface area (Å²) in [7, 11) is 0. The number of benzene rings is 3. The number of carbonyl (C=O) groups excluding carboxylic acids is 1. The largest absolute Gasteiger partial charge is 0.285 e. The molecule has 3 aromatic carbocycles. The molecule has 0 bridgehead atoms. The molecule has 0 atom stereocenters. The fourth-order valence-corrected chi connectivity index (χ4v) is 3.26. The molecule has 0 amide bonds. The number of nitrogens with zero attached hydrogens (tertiary/aromatic N) is 2. The van der Waals surface area contributed by atoms with E-state index in [1.54, 1.807) is 0 Å². The number of anilines is 1. The van der Waals surface area contributed by atoms with Gasteiger partial charge in [-0.15, -0.1) is 0 Å². The predicted molar refractivity (Wildman–Crippen MR) is 107 cm³/mol. The van der Waals surface area contributed by atoms with Gasteiger partial charge in [0, 0.05) is 10.6 Å². The van der Waals surface area contributed by atoms with Crippen molar-refractivity contribution in [3.8, 4) is 0 Å². The standard InChI is InChI=1S/C21H18ClN3O/c1-21(2)23-20(24-25(21)18-11-9-17(22)10-12-18)19(26)16-8-7-14-5-3-4-6-15(14)13-16/h3-13H,1-2H3,(H,23,24). The van der Waals surface area contributed by atoms with E-state index in [1.165, 1.54) is 0 Å². The molecule has 130 valence electrons. The van der Waals surface area contributed by atoms with Crippen LogP contribution in [0.1, 0.15) is 24.2 Å². The minimum Gasteiger partial charge on any atom is -0.285 e. The molecule has 0 radical (unpaired) electrons. The second-order valence-electron chi connectivity index (χ2n) is 6.77. The van der Waals surface area contributed by atoms with Crippen molar-refractivity contribution in [3.05, 3.63) is 77.3 Å². The van der Waals surface area contributed by atoms with Gasteiger partial charge in [0.15, 0.2) is 5.84 Å². The van der Waals surface area contributed by atoms with E-state index in [0.29, 0.717) is 16.4 Å². The Hall–Kier alpha value is -2.85. The molecule has 4 rings (SSSR count). The van der Waals surface area contributed by atoms with Gasteiger partial charge in [-0.25, -0.2) is 4.99 Å². The summed E-state index contributed by atoms with van der Waals surface area (Å²) in [4.78, 5) is 17.6. The summed E-state index contributed by atoms with van der Waals surface area (Å²) in [5, 5.41) is 4.68. The number of nitrogens with one attached hydrogen (secondary N) is 1. The maximum absolute atomic E-state index is 13.0. The first kappa shape index (κ1) is 16.6. The van der Waals surface area contributed by atoms with Gasteiger partial charge in [0.05, 0.1) is 5.69 Å². The molecule has 0 fully saturated rings. The van der Waals surface area contributed by atoms with Crippen LogP contribution < -0.4 is 10.4 Å². The van der Waals surface area contributed by atoms with E-state index in [-0.39, 0.29) is 5.78 Å². The number of aliphatic imine (C=N–C) groups is 1. The van der Waals surface area contributed by atoms with Gasteiger partial charge in [-0.05, 0) is 55.0 Å². The van der Waals surface area contributed by atoms with Crippen LogP contribution in [-0.2, 0) is 0 Å². The number of hydrogen-bond donors (Lipinski definition) is 1. The van der Waals surface area contributed by atoms with Crippen molar-refractivity contribution in [2.45, 2.75) is 19.5 Å². The van der Waals surface area contributed by atoms with Gasteiger partial charge >= 0.3 is 0 Å². The van der Waals surface area contributed by atoms with Crippen molar-refractivity contribution >= 4 is 39.7 Å². The Morgan fingerprint density at radius 1 is 1.00 bits per heavy atom. The van der Waals surface area contributed by atoms with Crippen molar-refractivity contribution < 1.29 is 4.79 Å². The number of ketones is 1. The fourth-order valence-electron chi connectivity index (χ4n) is 3.13. The van der Waals surface area contributed by atoms with Gasteiger partial charge in [-0.1, -0.05) is 48.0 Å². The molecule has 1 heterocycles. The average molecular weight is 364 g/mol. The first-order valence-corrected chi connectivity index (χ1v) is 8.78. The second kappa shape index (κ2) is 6.15. The molecule has 5 heteroatoms. The van der Waals surface area contributed by atoms with Gasteiger partial charge < -0.3 is 0 Å². The number of hydrazine groups is 1. The topological polar surface area (TPSA) is 44.7 Å². The summed E-state index contributed by atoms with van der Waals surface area (Å²) in [6.07, 6.45) is 0. The highest BCUT2D eigenvalue weighted by Gasteiger charge is 2.36. The Morgan fingerprint density at radius 2 is 1.69 bits per heavy atom. The molecule has 4 nitrogen and oxygen atoms in total. The minimum absolute atomic E-state index is 0.125. The zero-order chi connectivity index (χ0) is 18.3. The van der Waals surface area contributed by atoms with Crippen LogP contribution in [0.5, 0.6) is 0 Å². The molecular weight excluding hydrogens is 346 g/mol. The molecule has 0 aromatic heterocycles. The van der Waals surface area contributed by atoms with Gasteiger partial charge in [0.2, 0.25) is 5.78 Å². The Balaban J connectivity index is 1.64. The van der Waals surface area contributed by atoms with Crippen LogP contribution in [0.25, 0.3) is 10.8 Å². The van der Waals surface area contributed by atoms with Crippen LogP contribution in [0.15, 0.2) is 71.7 Å². The Bertz CT molecular complexity index is 1020. The van der Waals surface area contributed by atoms with E-state index in [9.17, 15) is 4.79 Å². The number of carbonyl (C=O) groups is 1. The van der Waals surface area contributed by atoms with Crippen LogP contribution in [0.4, 0.5) is 5.69 Å². The van der Waals surface area contributed by atoms with Crippen molar-refractivity contribution in [1.29, 1.82) is 0 Å². The summed E-state index contributed by atoms with van der Waals surface area (Å²) in [6, 6.07) is 21.1. The van der Waals surface area contributed by atoms with E-state index in [0.717, 1.165) is 16.5 Å². The lowest BCUT2D eigenvalue weighted by Gasteiger charge is -2.30. The molecule has 1 N–H and O–H groups in total. The van der Waals surface area contributed by atoms with E-state index in [4.69, 9.17) is 11.6 Å². The molecule has 0 aliphatic carbocycles. The van der Waals surface area contributed by atoms with Crippen LogP contribution in [0, 0.1) is 0 Å². The van der Waals surface area contributed by atoms with E-state index < -0.39 is 5.66 Å². The van der Waals surface area contributed by atoms with Gasteiger partial charge in [0.25, 0.3) is 0 Å². The number of Topliss-reactive ketones (excluding diaryl/α,β-unsaturated/α-hetero) is 1. The number of rotatable bonds is 3. The lowest BCUT2D eigenvalue weighted by Crippen LogP contribution is -2.47. The average Bonchev–Trinajstić information content (AvgIpc) is 2.96. The number of fused-ring (bicyclic) bond motifs is 1. The summed E-state index contributed by atoms with van der Waals surface area (Å²) < 4.78 is 0. The highest BCUT2D eigenvalue weighted by Crippen LogP contribution is 2.28. The molecular formula is C21H18ClN3O. The molecule has 0 unspecified atom stereocenters. The van der Waals surface area contributed by atoms with E-state index >= 15 is 0 Å². The van der Waals surface area contributed by atoms with E-state index in [1.807, 2.05) is 85.6 Å². The third-order valence-electron chi connectivity index (χ3n) is 4.46. The maximum Gasteiger partial charge on any atom is 0.229 e. The summed E-state index contributed by atoms with van der Waals surface area (Å²) in [5.74, 6) is 0.209. The van der Waals surface area contributed by atoms with Gasteiger partial charge in [0.1, 0.15) is 5.66 Å². The maximum atomic E-state index is 13.0. The molecule has 26 heavy (non-hydrogen) atoms. The first-order chi connectivity index (χ1) is 12.4. The Kier molecular flexibility index (Phi) is 3.93. The minimum atomic E-state index is -0.588. The highest BCUT2D eigenvalue weighted by atomic mass is 35.5. The zero-order valence-corrected chi connectivity index (χ0v) is 15.3. The van der Waals surface area contributed by atoms with Crippen molar-refractivity contribution in [2.75, 3.05) is 5.01 Å². The molecule has 0 spiro atoms.